The Kier molecular flexibility index (Phi) is 6.62. The molecule has 0 saturated heterocycles. The van der Waals surface area contributed by atoms with Gasteiger partial charge in [-0.05, 0) is 74.4 Å². The van der Waals surface area contributed by atoms with E-state index in [2.05, 4.69) is 20.8 Å². The number of nitrogens with one attached hydrogen (secondary N) is 3. The molecule has 4 aromatic rings. The second-order valence-corrected chi connectivity index (χ2v) is 8.64. The molecule has 0 aliphatic carbocycles. The van der Waals surface area contributed by atoms with Crippen LogP contribution >= 0.6 is 23.8 Å². The van der Waals surface area contributed by atoms with Crippen molar-refractivity contribution in [3.05, 3.63) is 93.5 Å². The van der Waals surface area contributed by atoms with Crippen molar-refractivity contribution in [3.8, 4) is 11.3 Å². The molecular formula is C25H23ClN4O2S. The normalized spacial score (nSPS) is 10.8. The molecule has 0 spiro atoms. The molecule has 2 aromatic carbocycles. The molecule has 0 aliphatic heterocycles. The van der Waals surface area contributed by atoms with Gasteiger partial charge in [0.05, 0.1) is 5.69 Å². The van der Waals surface area contributed by atoms with Crippen molar-refractivity contribution < 1.29 is 9.21 Å². The van der Waals surface area contributed by atoms with E-state index in [1.54, 1.807) is 12.1 Å². The monoisotopic (exact) mass is 478 g/mol. The predicted octanol–water partition coefficient (Wildman–Crippen LogP) is 5.97. The van der Waals surface area contributed by atoms with Crippen LogP contribution in [-0.4, -0.2) is 21.2 Å². The smallest absolute Gasteiger partial charge is 0.293 e. The van der Waals surface area contributed by atoms with Gasteiger partial charge in [0.2, 0.25) is 0 Å². The Morgan fingerprint density at radius 1 is 1.09 bits per heavy atom. The minimum absolute atomic E-state index is 0.159. The summed E-state index contributed by atoms with van der Waals surface area (Å²) < 4.78 is 5.70. The van der Waals surface area contributed by atoms with Crippen molar-refractivity contribution in [3.63, 3.8) is 0 Å². The van der Waals surface area contributed by atoms with Crippen molar-refractivity contribution in [2.75, 3.05) is 5.32 Å². The van der Waals surface area contributed by atoms with Crippen LogP contribution in [0.3, 0.4) is 0 Å². The van der Waals surface area contributed by atoms with Gasteiger partial charge in [-0.15, -0.1) is 0 Å². The molecule has 6 nitrogen and oxygen atoms in total. The number of H-pyrrole nitrogens is 1. The average Bonchev–Trinajstić information content (AvgIpc) is 3.40. The number of aromatic amines is 1. The fraction of sp³-hybridized carbons (Fsp3) is 0.160. The van der Waals surface area contributed by atoms with E-state index < -0.39 is 5.91 Å². The lowest BCUT2D eigenvalue weighted by Crippen LogP contribution is -2.33. The molecule has 8 heteroatoms. The Morgan fingerprint density at radius 2 is 1.85 bits per heavy atom. The Balaban J connectivity index is 1.35. The van der Waals surface area contributed by atoms with E-state index in [9.17, 15) is 4.79 Å². The minimum Gasteiger partial charge on any atom is -0.451 e. The average molecular weight is 479 g/mol. The number of thiocarbonyl (C=S) groups is 1. The maximum absolute atomic E-state index is 12.5. The predicted molar refractivity (Wildman–Crippen MR) is 135 cm³/mol. The van der Waals surface area contributed by atoms with Crippen LogP contribution in [0.15, 0.2) is 59.0 Å². The van der Waals surface area contributed by atoms with Crippen molar-refractivity contribution in [2.45, 2.75) is 27.2 Å². The lowest BCUT2D eigenvalue weighted by molar-refractivity contribution is 0.0951. The topological polar surface area (TPSA) is 83.0 Å². The molecule has 1 amide bonds. The van der Waals surface area contributed by atoms with E-state index in [0.29, 0.717) is 10.8 Å². The molecule has 0 aliphatic rings. The lowest BCUT2D eigenvalue weighted by atomic mass is 10.0. The van der Waals surface area contributed by atoms with Gasteiger partial charge in [-0.2, -0.15) is 5.10 Å². The first kappa shape index (κ1) is 22.8. The summed E-state index contributed by atoms with van der Waals surface area (Å²) in [5.74, 6) is 0.283. The molecule has 33 heavy (non-hydrogen) atoms. The summed E-state index contributed by atoms with van der Waals surface area (Å²) in [6.07, 6.45) is 0.794. The van der Waals surface area contributed by atoms with Crippen LogP contribution in [0.4, 0.5) is 5.69 Å². The third kappa shape index (κ3) is 5.32. The molecular weight excluding hydrogens is 456 g/mol. The van der Waals surface area contributed by atoms with Crippen LogP contribution in [0.2, 0.25) is 5.02 Å². The number of rotatable bonds is 5. The van der Waals surface area contributed by atoms with Crippen LogP contribution in [0.25, 0.3) is 11.3 Å². The molecule has 3 N–H and O–H groups in total. The zero-order chi connectivity index (χ0) is 23.5. The van der Waals surface area contributed by atoms with E-state index in [-0.39, 0.29) is 10.9 Å². The number of benzene rings is 2. The highest BCUT2D eigenvalue weighted by Gasteiger charge is 2.14. The molecule has 0 atom stereocenters. The van der Waals surface area contributed by atoms with Crippen molar-refractivity contribution in [1.82, 2.24) is 15.5 Å². The van der Waals surface area contributed by atoms with Gasteiger partial charge in [0.15, 0.2) is 10.9 Å². The Morgan fingerprint density at radius 3 is 2.52 bits per heavy atom. The van der Waals surface area contributed by atoms with Crippen molar-refractivity contribution >= 4 is 40.5 Å². The molecule has 0 saturated carbocycles. The number of anilines is 1. The Hall–Kier alpha value is -3.42. The van der Waals surface area contributed by atoms with E-state index >= 15 is 0 Å². The SMILES string of the molecule is Cc1ccc(-c2ccc(C(=O)NC(=S)Nc3ccc(Cc4c(C)n[nH]c4C)cc3)o2)cc1Cl. The number of hydrogen-bond acceptors (Lipinski definition) is 4. The third-order valence-corrected chi connectivity index (χ3v) is 6.00. The number of hydrogen-bond donors (Lipinski definition) is 3. The largest absolute Gasteiger partial charge is 0.451 e. The van der Waals surface area contributed by atoms with Gasteiger partial charge in [-0.25, -0.2) is 0 Å². The third-order valence-electron chi connectivity index (χ3n) is 5.39. The summed E-state index contributed by atoms with van der Waals surface area (Å²) >= 11 is 11.5. The Labute approximate surface area is 202 Å². The molecule has 2 aromatic heterocycles. The number of carbonyl (C=O) groups is 1. The minimum atomic E-state index is -0.431. The van der Waals surface area contributed by atoms with E-state index in [4.69, 9.17) is 28.2 Å². The number of furan rings is 1. The number of amides is 1. The second kappa shape index (κ2) is 9.60. The van der Waals surface area contributed by atoms with E-state index in [0.717, 1.165) is 40.2 Å². The highest BCUT2D eigenvalue weighted by molar-refractivity contribution is 7.80. The van der Waals surface area contributed by atoms with Crippen LogP contribution in [0, 0.1) is 20.8 Å². The molecule has 168 valence electrons. The first-order valence-electron chi connectivity index (χ1n) is 10.4. The van der Waals surface area contributed by atoms with Gasteiger partial charge >= 0.3 is 0 Å². The van der Waals surface area contributed by atoms with Gasteiger partial charge < -0.3 is 9.73 Å². The number of aryl methyl sites for hydroxylation is 3. The molecule has 0 bridgehead atoms. The van der Waals surface area contributed by atoms with Gasteiger partial charge in [0, 0.05) is 34.0 Å². The van der Waals surface area contributed by atoms with Crippen molar-refractivity contribution in [2.24, 2.45) is 0 Å². The molecule has 0 fully saturated rings. The van der Waals surface area contributed by atoms with Crippen LogP contribution in [-0.2, 0) is 6.42 Å². The number of aromatic nitrogens is 2. The number of carbonyl (C=O) groups excluding carboxylic acids is 1. The van der Waals surface area contributed by atoms with Crippen LogP contribution in [0.1, 0.15) is 38.6 Å². The standard InChI is InChI=1S/C25H23ClN4O2S/c1-14-4-7-18(13-21(14)26)22-10-11-23(32-22)24(31)28-25(33)27-19-8-5-17(6-9-19)12-20-15(2)29-30-16(20)3/h4-11,13H,12H2,1-3H3,(H,29,30)(H2,27,28,31,33). The highest BCUT2D eigenvalue weighted by atomic mass is 35.5. The zero-order valence-electron chi connectivity index (χ0n) is 18.5. The fourth-order valence-electron chi connectivity index (χ4n) is 3.43. The quantitative estimate of drug-likeness (QED) is 0.308. The van der Waals surface area contributed by atoms with Gasteiger partial charge in [0.25, 0.3) is 5.91 Å². The molecule has 0 radical (unpaired) electrons. The first-order valence-corrected chi connectivity index (χ1v) is 11.2. The summed E-state index contributed by atoms with van der Waals surface area (Å²) in [7, 11) is 0. The maximum Gasteiger partial charge on any atom is 0.293 e. The number of nitrogens with zero attached hydrogens (tertiary/aromatic N) is 1. The van der Waals surface area contributed by atoms with E-state index in [1.807, 2.05) is 63.2 Å². The highest BCUT2D eigenvalue weighted by Crippen LogP contribution is 2.27. The fourth-order valence-corrected chi connectivity index (χ4v) is 3.82. The maximum atomic E-state index is 12.5. The summed E-state index contributed by atoms with van der Waals surface area (Å²) in [5, 5.41) is 13.7. The van der Waals surface area contributed by atoms with Gasteiger partial charge in [0.1, 0.15) is 5.76 Å². The Bertz CT molecular complexity index is 1310. The summed E-state index contributed by atoms with van der Waals surface area (Å²) in [5.41, 5.74) is 6.98. The molecule has 2 heterocycles. The first-order chi connectivity index (χ1) is 15.8. The second-order valence-electron chi connectivity index (χ2n) is 7.82. The van der Waals surface area contributed by atoms with Crippen LogP contribution < -0.4 is 10.6 Å². The summed E-state index contributed by atoms with van der Waals surface area (Å²) in [4.78, 5) is 12.5. The molecule has 4 rings (SSSR count). The van der Waals surface area contributed by atoms with Gasteiger partial charge in [-0.1, -0.05) is 35.9 Å². The van der Waals surface area contributed by atoms with Crippen LogP contribution in [0.5, 0.6) is 0 Å². The number of halogens is 1. The van der Waals surface area contributed by atoms with Gasteiger partial charge in [-0.3, -0.25) is 15.2 Å². The zero-order valence-corrected chi connectivity index (χ0v) is 20.0. The van der Waals surface area contributed by atoms with E-state index in [1.165, 1.54) is 5.56 Å². The summed E-state index contributed by atoms with van der Waals surface area (Å²) in [6.45, 7) is 5.94. The lowest BCUT2D eigenvalue weighted by Gasteiger charge is -2.09. The molecule has 0 unspecified atom stereocenters. The summed E-state index contributed by atoms with van der Waals surface area (Å²) in [6, 6.07) is 16.8. The van der Waals surface area contributed by atoms with Crippen molar-refractivity contribution in [1.29, 1.82) is 0 Å².